The van der Waals surface area contributed by atoms with Crippen molar-refractivity contribution in [3.63, 3.8) is 0 Å². The number of anilines is 3. The number of thiophene rings is 1. The fraction of sp³-hybridized carbons (Fsp3) is 0. The quantitative estimate of drug-likeness (QED) is 0.160. The third kappa shape index (κ3) is 5.84. The Morgan fingerprint density at radius 1 is 0.315 bits per heavy atom. The van der Waals surface area contributed by atoms with Crippen molar-refractivity contribution in [2.45, 2.75) is 0 Å². The molecule has 0 fully saturated rings. The summed E-state index contributed by atoms with van der Waals surface area (Å²) < 4.78 is 2.56. The maximum absolute atomic E-state index is 2.45. The van der Waals surface area contributed by atoms with Crippen LogP contribution in [0.15, 0.2) is 212 Å². The number of hydrogen-bond donors (Lipinski definition) is 0. The predicted molar refractivity (Wildman–Crippen MR) is 233 cm³/mol. The van der Waals surface area contributed by atoms with E-state index in [2.05, 4.69) is 217 Å². The lowest BCUT2D eigenvalue weighted by molar-refractivity contribution is 1.30. The average molecular weight is 706 g/mol. The van der Waals surface area contributed by atoms with Gasteiger partial charge in [-0.2, -0.15) is 0 Å². The highest BCUT2D eigenvalue weighted by atomic mass is 32.1. The summed E-state index contributed by atoms with van der Waals surface area (Å²) in [5.74, 6) is 0. The number of benzene rings is 9. The van der Waals surface area contributed by atoms with E-state index in [0.29, 0.717) is 0 Å². The van der Waals surface area contributed by atoms with Crippen LogP contribution in [-0.2, 0) is 0 Å². The summed E-state index contributed by atoms with van der Waals surface area (Å²) in [4.78, 5) is 2.45. The van der Waals surface area contributed by atoms with Crippen molar-refractivity contribution < 1.29 is 0 Å². The van der Waals surface area contributed by atoms with Gasteiger partial charge in [0.25, 0.3) is 0 Å². The summed E-state index contributed by atoms with van der Waals surface area (Å²) in [7, 11) is 0. The van der Waals surface area contributed by atoms with Crippen molar-refractivity contribution in [3.05, 3.63) is 212 Å². The van der Waals surface area contributed by atoms with Gasteiger partial charge in [0.1, 0.15) is 0 Å². The van der Waals surface area contributed by atoms with E-state index in [-0.39, 0.29) is 0 Å². The molecule has 0 N–H and O–H groups in total. The first kappa shape index (κ1) is 32.0. The smallest absolute Gasteiger partial charge is 0.0646 e. The van der Waals surface area contributed by atoms with Gasteiger partial charge in [0.2, 0.25) is 0 Å². The molecule has 10 aromatic rings. The number of rotatable bonds is 7. The Morgan fingerprint density at radius 2 is 0.796 bits per heavy atom. The molecule has 54 heavy (non-hydrogen) atoms. The molecule has 0 aliphatic carbocycles. The van der Waals surface area contributed by atoms with E-state index in [1.54, 1.807) is 0 Å². The summed E-state index contributed by atoms with van der Waals surface area (Å²) in [5, 5.41) is 5.07. The molecule has 0 bridgehead atoms. The van der Waals surface area contributed by atoms with Gasteiger partial charge in [-0.3, -0.25) is 0 Å². The summed E-state index contributed by atoms with van der Waals surface area (Å²) in [6.45, 7) is 0. The van der Waals surface area contributed by atoms with Gasteiger partial charge < -0.3 is 4.90 Å². The van der Waals surface area contributed by atoms with Gasteiger partial charge in [0, 0.05) is 26.8 Å². The zero-order valence-electron chi connectivity index (χ0n) is 29.6. The first-order valence-corrected chi connectivity index (χ1v) is 19.2. The lowest BCUT2D eigenvalue weighted by Gasteiger charge is -2.27. The van der Waals surface area contributed by atoms with Gasteiger partial charge in [-0.25, -0.2) is 0 Å². The Labute approximate surface area is 319 Å². The zero-order chi connectivity index (χ0) is 35.8. The monoisotopic (exact) mass is 705 g/mol. The predicted octanol–water partition coefficient (Wildman–Crippen LogP) is 15.3. The molecule has 10 rings (SSSR count). The van der Waals surface area contributed by atoms with E-state index in [0.717, 1.165) is 11.4 Å². The van der Waals surface area contributed by atoms with Crippen molar-refractivity contribution >= 4 is 59.3 Å². The number of fused-ring (bicyclic) bond motifs is 4. The number of hydrogen-bond acceptors (Lipinski definition) is 2. The third-order valence-corrected chi connectivity index (χ3v) is 11.7. The van der Waals surface area contributed by atoms with Crippen LogP contribution in [0.25, 0.3) is 75.5 Å². The van der Waals surface area contributed by atoms with Crippen LogP contribution >= 0.6 is 11.3 Å². The second kappa shape index (κ2) is 13.7. The average Bonchev–Trinajstić information content (AvgIpc) is 3.64. The molecule has 254 valence electrons. The lowest BCUT2D eigenvalue weighted by atomic mass is 9.97. The molecular formula is C52H35NS. The van der Waals surface area contributed by atoms with Crippen LogP contribution in [0.5, 0.6) is 0 Å². The van der Waals surface area contributed by atoms with E-state index in [1.165, 1.54) is 81.1 Å². The Bertz CT molecular complexity index is 2880. The van der Waals surface area contributed by atoms with E-state index < -0.39 is 0 Å². The Kier molecular flexibility index (Phi) is 8.09. The van der Waals surface area contributed by atoms with E-state index in [9.17, 15) is 0 Å². The van der Waals surface area contributed by atoms with Crippen molar-refractivity contribution in [1.82, 2.24) is 0 Å². The molecule has 0 saturated heterocycles. The molecule has 0 radical (unpaired) electrons. The SMILES string of the molecule is c1ccc(-c2ccc(-c3cc(N(c4ccc(-c5ccccc5)cc4)c4ccc(-c5cccc6ccccc56)cc4)c4sc5ccccc5c4c3)cc2)cc1. The van der Waals surface area contributed by atoms with Gasteiger partial charge in [0.05, 0.1) is 10.4 Å². The van der Waals surface area contributed by atoms with Crippen LogP contribution in [0.3, 0.4) is 0 Å². The van der Waals surface area contributed by atoms with Gasteiger partial charge in [-0.05, 0) is 97.7 Å². The molecule has 2 heteroatoms. The van der Waals surface area contributed by atoms with Crippen LogP contribution in [0, 0.1) is 0 Å². The van der Waals surface area contributed by atoms with E-state index in [1.807, 2.05) is 11.3 Å². The molecule has 0 atom stereocenters. The van der Waals surface area contributed by atoms with Crippen molar-refractivity contribution in [2.75, 3.05) is 4.90 Å². The summed E-state index contributed by atoms with van der Waals surface area (Å²) in [5.41, 5.74) is 13.1. The van der Waals surface area contributed by atoms with Gasteiger partial charge in [0.15, 0.2) is 0 Å². The third-order valence-electron chi connectivity index (χ3n) is 10.5. The summed E-state index contributed by atoms with van der Waals surface area (Å²) in [6.07, 6.45) is 0. The minimum absolute atomic E-state index is 1.11. The fourth-order valence-electron chi connectivity index (χ4n) is 7.76. The summed E-state index contributed by atoms with van der Waals surface area (Å²) in [6, 6.07) is 77.1. The topological polar surface area (TPSA) is 3.24 Å². The molecule has 0 amide bonds. The normalized spacial score (nSPS) is 11.3. The Morgan fingerprint density at radius 3 is 1.44 bits per heavy atom. The molecule has 1 aromatic heterocycles. The highest BCUT2D eigenvalue weighted by molar-refractivity contribution is 7.26. The maximum atomic E-state index is 2.45. The highest BCUT2D eigenvalue weighted by Gasteiger charge is 2.20. The maximum Gasteiger partial charge on any atom is 0.0646 e. The lowest BCUT2D eigenvalue weighted by Crippen LogP contribution is -2.10. The second-order valence-corrected chi connectivity index (χ2v) is 14.8. The minimum atomic E-state index is 1.11. The Balaban J connectivity index is 1.16. The molecule has 0 aliphatic rings. The van der Waals surface area contributed by atoms with Crippen molar-refractivity contribution in [1.29, 1.82) is 0 Å². The second-order valence-electron chi connectivity index (χ2n) is 13.7. The van der Waals surface area contributed by atoms with Crippen molar-refractivity contribution in [3.8, 4) is 44.5 Å². The minimum Gasteiger partial charge on any atom is -0.309 e. The molecule has 0 saturated carbocycles. The van der Waals surface area contributed by atoms with Crippen molar-refractivity contribution in [2.24, 2.45) is 0 Å². The largest absolute Gasteiger partial charge is 0.309 e. The molecular weight excluding hydrogens is 671 g/mol. The van der Waals surface area contributed by atoms with Crippen LogP contribution in [-0.4, -0.2) is 0 Å². The van der Waals surface area contributed by atoms with Gasteiger partial charge in [-0.15, -0.1) is 11.3 Å². The highest BCUT2D eigenvalue weighted by Crippen LogP contribution is 2.47. The molecule has 1 nitrogen and oxygen atoms in total. The zero-order valence-corrected chi connectivity index (χ0v) is 30.4. The molecule has 1 heterocycles. The fourth-order valence-corrected chi connectivity index (χ4v) is 8.94. The Hall–Kier alpha value is -6.74. The molecule has 0 unspecified atom stereocenters. The molecule has 0 aliphatic heterocycles. The van der Waals surface area contributed by atoms with E-state index in [4.69, 9.17) is 0 Å². The van der Waals surface area contributed by atoms with Crippen LogP contribution in [0.1, 0.15) is 0 Å². The standard InChI is InChI=1S/C52H35NS/c1-3-12-36(13-4-1)38-22-24-40(25-23-38)43-34-49-48-19-9-10-21-51(48)54-52(49)50(35-43)53(44-30-26-39(27-31-44)37-14-5-2-6-15-37)45-32-28-42(29-33-45)47-20-11-17-41-16-7-8-18-46(41)47/h1-35H. The van der Waals surface area contributed by atoms with Crippen LogP contribution in [0.2, 0.25) is 0 Å². The number of nitrogens with zero attached hydrogens (tertiary/aromatic N) is 1. The molecule has 0 spiro atoms. The summed E-state index contributed by atoms with van der Waals surface area (Å²) >= 11 is 1.87. The van der Waals surface area contributed by atoms with Gasteiger partial charge in [-0.1, -0.05) is 170 Å². The van der Waals surface area contributed by atoms with E-state index >= 15 is 0 Å². The first-order chi connectivity index (χ1) is 26.8. The molecule has 9 aromatic carbocycles. The van der Waals surface area contributed by atoms with Gasteiger partial charge >= 0.3 is 0 Å². The van der Waals surface area contributed by atoms with Crippen LogP contribution < -0.4 is 4.90 Å². The first-order valence-electron chi connectivity index (χ1n) is 18.4. The van der Waals surface area contributed by atoms with Crippen LogP contribution in [0.4, 0.5) is 17.1 Å².